The van der Waals surface area contributed by atoms with Gasteiger partial charge >= 0.3 is 5.97 Å². The molecule has 1 saturated heterocycles. The molecule has 2 aliphatic carbocycles. The Labute approximate surface area is 127 Å². The van der Waals surface area contributed by atoms with E-state index in [1.165, 1.54) is 5.56 Å². The lowest BCUT2D eigenvalue weighted by atomic mass is 9.80. The fraction of sp³-hybridized carbons (Fsp3) is 0.471. The number of aryl methyl sites for hydroxylation is 1. The minimum absolute atomic E-state index is 0.0444. The minimum atomic E-state index is -0.0740. The van der Waals surface area contributed by atoms with E-state index in [9.17, 15) is 4.79 Å². The van der Waals surface area contributed by atoms with E-state index in [-0.39, 0.29) is 23.9 Å². The number of fused-ring (bicyclic) bond motifs is 1. The third kappa shape index (κ3) is 1.56. The standard InChI is InChI=1S/C17H16N2O3/c1-8-2-4-9(5-3-8)15-18-16(22-19-15)13-10-6-11-12(7-10)21-17(20)14(11)13/h2-5,10-14H,6-7H2,1H3/t10-,11+,12+,13-,14+/m1/s1. The highest BCUT2D eigenvalue weighted by Crippen LogP contribution is 2.61. The third-order valence-electron chi connectivity index (χ3n) is 5.52. The Hall–Kier alpha value is -2.17. The van der Waals surface area contributed by atoms with Gasteiger partial charge in [-0.3, -0.25) is 4.79 Å². The van der Waals surface area contributed by atoms with E-state index in [1.54, 1.807) is 0 Å². The average Bonchev–Trinajstić information content (AvgIpc) is 3.22. The SMILES string of the molecule is Cc1ccc(-c2noc([C@@H]3[C@@H]4C[C@@H]5[C@@H]3C(=O)O[C@H]5C4)n2)cc1. The molecule has 5 heteroatoms. The van der Waals surface area contributed by atoms with Gasteiger partial charge in [0.2, 0.25) is 11.7 Å². The Morgan fingerprint density at radius 3 is 2.77 bits per heavy atom. The van der Waals surface area contributed by atoms with Gasteiger partial charge in [-0.05, 0) is 25.7 Å². The van der Waals surface area contributed by atoms with Crippen LogP contribution in [-0.2, 0) is 9.53 Å². The first-order chi connectivity index (χ1) is 10.7. The molecule has 5 rings (SSSR count). The highest BCUT2D eigenvalue weighted by molar-refractivity contribution is 5.78. The van der Waals surface area contributed by atoms with Gasteiger partial charge in [-0.15, -0.1) is 0 Å². The van der Waals surface area contributed by atoms with E-state index in [4.69, 9.17) is 9.26 Å². The maximum absolute atomic E-state index is 12.1. The molecule has 2 bridgehead atoms. The zero-order valence-electron chi connectivity index (χ0n) is 12.2. The van der Waals surface area contributed by atoms with Crippen LogP contribution in [0.3, 0.4) is 0 Å². The number of hydrogen-bond donors (Lipinski definition) is 0. The summed E-state index contributed by atoms with van der Waals surface area (Å²) in [7, 11) is 0. The summed E-state index contributed by atoms with van der Waals surface area (Å²) in [5.74, 6) is 1.90. The summed E-state index contributed by atoms with van der Waals surface area (Å²) in [6, 6.07) is 8.04. The summed E-state index contributed by atoms with van der Waals surface area (Å²) in [5, 5.41) is 4.11. The summed E-state index contributed by atoms with van der Waals surface area (Å²) in [4.78, 5) is 16.7. The number of benzene rings is 1. The van der Waals surface area contributed by atoms with Crippen molar-refractivity contribution >= 4 is 5.97 Å². The van der Waals surface area contributed by atoms with Gasteiger partial charge in [0.15, 0.2) is 0 Å². The molecule has 5 atom stereocenters. The summed E-state index contributed by atoms with van der Waals surface area (Å²) in [6.45, 7) is 2.04. The van der Waals surface area contributed by atoms with Gasteiger partial charge in [-0.1, -0.05) is 35.0 Å². The molecular weight excluding hydrogens is 280 g/mol. The number of rotatable bonds is 2. The van der Waals surface area contributed by atoms with Crippen molar-refractivity contribution in [2.75, 3.05) is 0 Å². The molecule has 2 heterocycles. The van der Waals surface area contributed by atoms with E-state index in [1.807, 2.05) is 31.2 Å². The zero-order valence-corrected chi connectivity index (χ0v) is 12.2. The second kappa shape index (κ2) is 4.18. The topological polar surface area (TPSA) is 65.2 Å². The van der Waals surface area contributed by atoms with Crippen molar-refractivity contribution in [2.45, 2.75) is 31.8 Å². The van der Waals surface area contributed by atoms with Crippen molar-refractivity contribution in [1.29, 1.82) is 0 Å². The molecule has 1 aliphatic heterocycles. The number of aromatic nitrogens is 2. The van der Waals surface area contributed by atoms with Crippen LogP contribution in [-0.4, -0.2) is 22.2 Å². The summed E-state index contributed by atoms with van der Waals surface area (Å²) in [6.07, 6.45) is 2.13. The fourth-order valence-electron chi connectivity index (χ4n) is 4.53. The van der Waals surface area contributed by atoms with Crippen LogP contribution in [0.5, 0.6) is 0 Å². The Balaban J connectivity index is 1.50. The van der Waals surface area contributed by atoms with Crippen LogP contribution in [0, 0.1) is 24.7 Å². The average molecular weight is 296 g/mol. The molecule has 1 aromatic heterocycles. The number of hydrogen-bond acceptors (Lipinski definition) is 5. The molecule has 0 amide bonds. The Morgan fingerprint density at radius 1 is 1.14 bits per heavy atom. The van der Waals surface area contributed by atoms with Gasteiger partial charge in [-0.25, -0.2) is 0 Å². The predicted molar refractivity (Wildman–Crippen MR) is 76.8 cm³/mol. The molecule has 0 unspecified atom stereocenters. The van der Waals surface area contributed by atoms with Crippen LogP contribution >= 0.6 is 0 Å². The van der Waals surface area contributed by atoms with Crippen LogP contribution in [0.25, 0.3) is 11.4 Å². The van der Waals surface area contributed by atoms with Crippen molar-refractivity contribution < 1.29 is 14.1 Å². The molecule has 5 nitrogen and oxygen atoms in total. The van der Waals surface area contributed by atoms with Crippen molar-refractivity contribution in [1.82, 2.24) is 10.1 Å². The van der Waals surface area contributed by atoms with Gasteiger partial charge in [0.05, 0.1) is 11.8 Å². The second-order valence-corrected chi connectivity index (χ2v) is 6.74. The molecule has 3 fully saturated rings. The molecule has 3 aliphatic rings. The van der Waals surface area contributed by atoms with Crippen LogP contribution < -0.4 is 0 Å². The van der Waals surface area contributed by atoms with Gasteiger partial charge in [-0.2, -0.15) is 4.98 Å². The molecule has 0 spiro atoms. The smallest absolute Gasteiger partial charge is 0.310 e. The second-order valence-electron chi connectivity index (χ2n) is 6.74. The van der Waals surface area contributed by atoms with Gasteiger partial charge in [0, 0.05) is 11.5 Å². The lowest BCUT2D eigenvalue weighted by Gasteiger charge is -2.20. The maximum Gasteiger partial charge on any atom is 0.310 e. The number of ether oxygens (including phenoxy) is 1. The van der Waals surface area contributed by atoms with Crippen LogP contribution in [0.2, 0.25) is 0 Å². The normalized spacial score (nSPS) is 35.1. The van der Waals surface area contributed by atoms with E-state index >= 15 is 0 Å². The molecule has 0 radical (unpaired) electrons. The zero-order chi connectivity index (χ0) is 14.8. The molecule has 22 heavy (non-hydrogen) atoms. The lowest BCUT2D eigenvalue weighted by Crippen LogP contribution is -2.24. The number of nitrogens with zero attached hydrogens (tertiary/aromatic N) is 2. The highest BCUT2D eigenvalue weighted by Gasteiger charge is 2.63. The van der Waals surface area contributed by atoms with E-state index in [0.29, 0.717) is 23.6 Å². The molecule has 1 aromatic carbocycles. The third-order valence-corrected chi connectivity index (χ3v) is 5.52. The van der Waals surface area contributed by atoms with Crippen molar-refractivity contribution in [2.24, 2.45) is 17.8 Å². The first kappa shape index (κ1) is 12.4. The molecule has 0 N–H and O–H groups in total. The van der Waals surface area contributed by atoms with Crippen LogP contribution in [0.4, 0.5) is 0 Å². The van der Waals surface area contributed by atoms with Crippen molar-refractivity contribution in [3.05, 3.63) is 35.7 Å². The largest absolute Gasteiger partial charge is 0.462 e. The predicted octanol–water partition coefficient (Wildman–Crippen LogP) is 2.71. The maximum atomic E-state index is 12.1. The molecule has 112 valence electrons. The monoisotopic (exact) mass is 296 g/mol. The molecule has 2 saturated carbocycles. The van der Waals surface area contributed by atoms with Gasteiger partial charge < -0.3 is 9.26 Å². The van der Waals surface area contributed by atoms with Crippen molar-refractivity contribution in [3.8, 4) is 11.4 Å². The van der Waals surface area contributed by atoms with Gasteiger partial charge in [0.25, 0.3) is 0 Å². The van der Waals surface area contributed by atoms with Crippen LogP contribution in [0.15, 0.2) is 28.8 Å². The minimum Gasteiger partial charge on any atom is -0.462 e. The van der Waals surface area contributed by atoms with E-state index in [0.717, 1.165) is 18.4 Å². The number of esters is 1. The van der Waals surface area contributed by atoms with E-state index < -0.39 is 0 Å². The molecular formula is C17H16N2O3. The Morgan fingerprint density at radius 2 is 1.95 bits per heavy atom. The van der Waals surface area contributed by atoms with E-state index in [2.05, 4.69) is 10.1 Å². The first-order valence-corrected chi connectivity index (χ1v) is 7.82. The molecule has 2 aromatic rings. The van der Waals surface area contributed by atoms with Gasteiger partial charge in [0.1, 0.15) is 6.10 Å². The Bertz CT molecular complexity index is 750. The quantitative estimate of drug-likeness (QED) is 0.797. The highest BCUT2D eigenvalue weighted by atomic mass is 16.6. The fourth-order valence-corrected chi connectivity index (χ4v) is 4.53. The summed E-state index contributed by atoms with van der Waals surface area (Å²) < 4.78 is 11.0. The number of carbonyl (C=O) groups is 1. The Kier molecular flexibility index (Phi) is 2.35. The summed E-state index contributed by atoms with van der Waals surface area (Å²) in [5.41, 5.74) is 2.14. The lowest BCUT2D eigenvalue weighted by molar-refractivity contribution is -0.143. The van der Waals surface area contributed by atoms with Crippen molar-refractivity contribution in [3.63, 3.8) is 0 Å². The summed E-state index contributed by atoms with van der Waals surface area (Å²) >= 11 is 0. The number of carbonyl (C=O) groups excluding carboxylic acids is 1. The van der Waals surface area contributed by atoms with Crippen LogP contribution in [0.1, 0.15) is 30.2 Å². The first-order valence-electron chi connectivity index (χ1n) is 7.82.